The van der Waals surface area contributed by atoms with E-state index in [1.54, 1.807) is 17.6 Å². The van der Waals surface area contributed by atoms with Crippen LogP contribution in [0.3, 0.4) is 0 Å². The van der Waals surface area contributed by atoms with Gasteiger partial charge in [-0.05, 0) is 50.1 Å². The molecule has 1 saturated carbocycles. The van der Waals surface area contributed by atoms with Gasteiger partial charge in [-0.15, -0.1) is 11.3 Å². The van der Waals surface area contributed by atoms with Gasteiger partial charge in [-0.2, -0.15) is 0 Å². The van der Waals surface area contributed by atoms with E-state index in [2.05, 4.69) is 29.2 Å². The lowest BCUT2D eigenvalue weighted by atomic mass is 9.87. The Labute approximate surface area is 124 Å². The van der Waals surface area contributed by atoms with Gasteiger partial charge >= 0.3 is 0 Å². The van der Waals surface area contributed by atoms with Crippen LogP contribution in [-0.2, 0) is 6.54 Å². The molecule has 0 radical (unpaired) electrons. The second-order valence-corrected chi connectivity index (χ2v) is 6.90. The minimum atomic E-state index is 0.702. The molecule has 108 valence electrons. The highest BCUT2D eigenvalue weighted by Gasteiger charge is 2.22. The molecule has 0 unspecified atom stereocenters. The number of nitrogens with zero attached hydrogens (tertiary/aromatic N) is 2. The molecular weight excluding hydrogens is 268 g/mol. The minimum absolute atomic E-state index is 0.702. The lowest BCUT2D eigenvalue weighted by Crippen LogP contribution is -2.34. The molecule has 0 N–H and O–H groups in total. The van der Waals surface area contributed by atoms with E-state index in [0.29, 0.717) is 6.04 Å². The van der Waals surface area contributed by atoms with Crippen molar-refractivity contribution >= 4 is 11.3 Å². The third kappa shape index (κ3) is 3.13. The van der Waals surface area contributed by atoms with Crippen LogP contribution in [0.4, 0.5) is 0 Å². The molecule has 20 heavy (non-hydrogen) atoms. The first kappa shape index (κ1) is 13.8. The van der Waals surface area contributed by atoms with Gasteiger partial charge in [0.1, 0.15) is 6.26 Å². The van der Waals surface area contributed by atoms with Crippen molar-refractivity contribution in [1.29, 1.82) is 0 Å². The molecule has 3 rings (SSSR count). The number of hydrogen-bond donors (Lipinski definition) is 0. The van der Waals surface area contributed by atoms with E-state index in [1.807, 2.05) is 12.1 Å². The molecule has 0 aliphatic heterocycles. The molecule has 2 aromatic rings. The second-order valence-electron chi connectivity index (χ2n) is 5.95. The number of oxazole rings is 1. The highest BCUT2D eigenvalue weighted by molar-refractivity contribution is 7.13. The first-order valence-corrected chi connectivity index (χ1v) is 8.29. The van der Waals surface area contributed by atoms with E-state index in [4.69, 9.17) is 4.42 Å². The van der Waals surface area contributed by atoms with Crippen LogP contribution in [0.1, 0.15) is 38.3 Å². The number of rotatable bonds is 4. The largest absolute Gasteiger partial charge is 0.444 e. The van der Waals surface area contributed by atoms with Crippen LogP contribution in [0, 0.1) is 5.92 Å². The van der Waals surface area contributed by atoms with Gasteiger partial charge in [-0.25, -0.2) is 4.98 Å². The zero-order chi connectivity index (χ0) is 13.9. The van der Waals surface area contributed by atoms with Crippen molar-refractivity contribution in [3.63, 3.8) is 0 Å². The molecule has 0 saturated heterocycles. The Kier molecular flexibility index (Phi) is 4.22. The molecule has 2 heterocycles. The Hall–Kier alpha value is -1.13. The molecule has 0 spiro atoms. The molecule has 3 nitrogen and oxygen atoms in total. The molecule has 4 heteroatoms. The summed E-state index contributed by atoms with van der Waals surface area (Å²) in [5.41, 5.74) is 1.04. The normalized spacial score (nSPS) is 23.4. The molecule has 1 fully saturated rings. The quantitative estimate of drug-likeness (QED) is 0.835. The molecule has 1 aliphatic carbocycles. The van der Waals surface area contributed by atoms with E-state index in [-0.39, 0.29) is 0 Å². The summed E-state index contributed by atoms with van der Waals surface area (Å²) in [5, 5.41) is 2.05. The lowest BCUT2D eigenvalue weighted by Gasteiger charge is -2.33. The smallest absolute Gasteiger partial charge is 0.236 e. The third-order valence-electron chi connectivity index (χ3n) is 4.30. The number of hydrogen-bond acceptors (Lipinski definition) is 4. The van der Waals surface area contributed by atoms with Crippen molar-refractivity contribution in [3.8, 4) is 10.8 Å². The summed E-state index contributed by atoms with van der Waals surface area (Å²) >= 11 is 1.67. The van der Waals surface area contributed by atoms with Crippen molar-refractivity contribution in [2.75, 3.05) is 7.05 Å². The Morgan fingerprint density at radius 1 is 1.35 bits per heavy atom. The van der Waals surface area contributed by atoms with Crippen LogP contribution >= 0.6 is 11.3 Å². The molecule has 0 atom stereocenters. The fourth-order valence-electron chi connectivity index (χ4n) is 2.96. The molecule has 0 bridgehead atoms. The zero-order valence-electron chi connectivity index (χ0n) is 12.2. The summed E-state index contributed by atoms with van der Waals surface area (Å²) in [6.07, 6.45) is 7.14. The van der Waals surface area contributed by atoms with Gasteiger partial charge in [0.25, 0.3) is 0 Å². The van der Waals surface area contributed by atoms with Crippen molar-refractivity contribution < 1.29 is 4.42 Å². The maximum Gasteiger partial charge on any atom is 0.236 e. The van der Waals surface area contributed by atoms with Gasteiger partial charge in [-0.3, -0.25) is 4.90 Å². The van der Waals surface area contributed by atoms with Gasteiger partial charge in [0.15, 0.2) is 0 Å². The van der Waals surface area contributed by atoms with E-state index < -0.39 is 0 Å². The van der Waals surface area contributed by atoms with Crippen LogP contribution < -0.4 is 0 Å². The van der Waals surface area contributed by atoms with Gasteiger partial charge in [0.2, 0.25) is 5.89 Å². The Bertz CT molecular complexity index is 526. The Balaban J connectivity index is 1.60. The average molecular weight is 290 g/mol. The average Bonchev–Trinajstić information content (AvgIpc) is 3.09. The van der Waals surface area contributed by atoms with Gasteiger partial charge < -0.3 is 4.42 Å². The predicted molar refractivity (Wildman–Crippen MR) is 82.7 cm³/mol. The second kappa shape index (κ2) is 6.10. The standard InChI is InChI=1S/C16H22N2OS/c1-12-5-7-14(8-6-12)18(2)10-13-11-19-16(17-13)15-4-3-9-20-15/h3-4,9,11-12,14H,5-8,10H2,1-2H3. The highest BCUT2D eigenvalue weighted by atomic mass is 32.1. The number of thiophene rings is 1. The maximum absolute atomic E-state index is 5.59. The Morgan fingerprint density at radius 3 is 2.85 bits per heavy atom. The molecule has 0 amide bonds. The highest BCUT2D eigenvalue weighted by Crippen LogP contribution is 2.28. The molecule has 0 aromatic carbocycles. The number of aromatic nitrogens is 1. The van der Waals surface area contributed by atoms with Crippen molar-refractivity contribution in [1.82, 2.24) is 9.88 Å². The van der Waals surface area contributed by atoms with E-state index >= 15 is 0 Å². The van der Waals surface area contributed by atoms with Gasteiger partial charge in [0, 0.05) is 12.6 Å². The van der Waals surface area contributed by atoms with Crippen molar-refractivity contribution in [3.05, 3.63) is 29.5 Å². The monoisotopic (exact) mass is 290 g/mol. The topological polar surface area (TPSA) is 29.3 Å². The van der Waals surface area contributed by atoms with E-state index in [0.717, 1.165) is 28.9 Å². The summed E-state index contributed by atoms with van der Waals surface area (Å²) < 4.78 is 5.59. The van der Waals surface area contributed by atoms with Crippen molar-refractivity contribution in [2.24, 2.45) is 5.92 Å². The first-order chi connectivity index (χ1) is 9.72. The summed E-state index contributed by atoms with van der Waals surface area (Å²) in [6.45, 7) is 3.25. The summed E-state index contributed by atoms with van der Waals surface area (Å²) in [7, 11) is 2.21. The molecule has 2 aromatic heterocycles. The van der Waals surface area contributed by atoms with Gasteiger partial charge in [0.05, 0.1) is 10.6 Å². The molecular formula is C16H22N2OS. The summed E-state index contributed by atoms with van der Waals surface area (Å²) in [6, 6.07) is 4.78. The molecule has 1 aliphatic rings. The fraction of sp³-hybridized carbons (Fsp3) is 0.562. The minimum Gasteiger partial charge on any atom is -0.444 e. The van der Waals surface area contributed by atoms with Crippen LogP contribution in [0.5, 0.6) is 0 Å². The van der Waals surface area contributed by atoms with Gasteiger partial charge in [-0.1, -0.05) is 13.0 Å². The van der Waals surface area contributed by atoms with E-state index in [9.17, 15) is 0 Å². The van der Waals surface area contributed by atoms with Crippen LogP contribution in [0.15, 0.2) is 28.2 Å². The van der Waals surface area contributed by atoms with Crippen LogP contribution in [0.2, 0.25) is 0 Å². The van der Waals surface area contributed by atoms with Crippen LogP contribution in [0.25, 0.3) is 10.8 Å². The third-order valence-corrected chi connectivity index (χ3v) is 5.16. The summed E-state index contributed by atoms with van der Waals surface area (Å²) in [4.78, 5) is 8.14. The predicted octanol–water partition coefficient (Wildman–Crippen LogP) is 4.41. The Morgan fingerprint density at radius 2 is 2.15 bits per heavy atom. The van der Waals surface area contributed by atoms with Crippen LogP contribution in [-0.4, -0.2) is 23.0 Å². The fourth-order valence-corrected chi connectivity index (χ4v) is 3.62. The zero-order valence-corrected chi connectivity index (χ0v) is 13.0. The SMILES string of the molecule is CC1CCC(N(C)Cc2coc(-c3cccs3)n2)CC1. The first-order valence-electron chi connectivity index (χ1n) is 7.41. The van der Waals surface area contributed by atoms with E-state index in [1.165, 1.54) is 25.7 Å². The lowest BCUT2D eigenvalue weighted by molar-refractivity contribution is 0.162. The maximum atomic E-state index is 5.59. The summed E-state index contributed by atoms with van der Waals surface area (Å²) in [5.74, 6) is 1.65. The van der Waals surface area contributed by atoms with Crippen molar-refractivity contribution in [2.45, 2.75) is 45.2 Å².